The van der Waals surface area contributed by atoms with Crippen molar-refractivity contribution in [3.8, 4) is 0 Å². The van der Waals surface area contributed by atoms with Gasteiger partial charge in [-0.1, -0.05) is 65.3 Å². The third-order valence-electron chi connectivity index (χ3n) is 3.50. The molecule has 16 heavy (non-hydrogen) atoms. The maximum atomic E-state index is 5.91. The van der Waals surface area contributed by atoms with Crippen LogP contribution in [-0.4, -0.2) is 0 Å². The second kappa shape index (κ2) is 6.07. The van der Waals surface area contributed by atoms with Gasteiger partial charge in [-0.3, -0.25) is 0 Å². The summed E-state index contributed by atoms with van der Waals surface area (Å²) < 4.78 is 0. The quantitative estimate of drug-likeness (QED) is 0.482. The second-order valence-electron chi connectivity index (χ2n) is 4.70. The topological polar surface area (TPSA) is 0 Å². The van der Waals surface area contributed by atoms with Crippen molar-refractivity contribution < 1.29 is 0 Å². The van der Waals surface area contributed by atoms with E-state index >= 15 is 0 Å². The number of rotatable bonds is 2. The minimum absolute atomic E-state index is 0.503. The van der Waals surface area contributed by atoms with Gasteiger partial charge >= 0.3 is 0 Å². The smallest absolute Gasteiger partial charge is 0.0423 e. The van der Waals surface area contributed by atoms with Crippen LogP contribution in [0, 0.1) is 5.92 Å². The van der Waals surface area contributed by atoms with Gasteiger partial charge in [0.15, 0.2) is 0 Å². The molecular weight excluding hydrogens is 284 g/mol. The molecule has 0 aromatic heterocycles. The number of hydrogen-bond donors (Lipinski definition) is 0. The van der Waals surface area contributed by atoms with Gasteiger partial charge in [-0.25, -0.2) is 0 Å². The molecule has 0 aliphatic heterocycles. The molecule has 0 amide bonds. The van der Waals surface area contributed by atoms with Gasteiger partial charge in [0.1, 0.15) is 0 Å². The van der Waals surface area contributed by atoms with Gasteiger partial charge in [-0.15, -0.1) is 0 Å². The van der Waals surface area contributed by atoms with E-state index in [2.05, 4.69) is 28.1 Å². The van der Waals surface area contributed by atoms with Crippen LogP contribution in [0.2, 0.25) is 5.02 Å². The molecule has 0 nitrogen and oxygen atoms in total. The fourth-order valence-corrected chi connectivity index (χ4v) is 3.48. The Balaban J connectivity index is 2.04. The van der Waals surface area contributed by atoms with Crippen molar-refractivity contribution in [1.29, 1.82) is 0 Å². The van der Waals surface area contributed by atoms with Crippen molar-refractivity contribution in [2.75, 3.05) is 0 Å². The molecule has 0 heterocycles. The Morgan fingerprint density at radius 1 is 1.00 bits per heavy atom. The van der Waals surface area contributed by atoms with Gasteiger partial charge in [0.2, 0.25) is 0 Å². The zero-order chi connectivity index (χ0) is 11.4. The summed E-state index contributed by atoms with van der Waals surface area (Å²) in [7, 11) is 0. The number of alkyl halides is 1. The van der Waals surface area contributed by atoms with E-state index in [0.29, 0.717) is 4.83 Å². The molecule has 88 valence electrons. The summed E-state index contributed by atoms with van der Waals surface area (Å²) in [6.07, 6.45) is 8.32. The Hall–Kier alpha value is -0.0100. The Morgan fingerprint density at radius 2 is 1.56 bits per heavy atom. The predicted octanol–water partition coefficient (Wildman–Crippen LogP) is 5.75. The summed E-state index contributed by atoms with van der Waals surface area (Å²) in [5.41, 5.74) is 1.37. The first kappa shape index (κ1) is 12.4. The first-order valence-corrected chi connectivity index (χ1v) is 7.46. The van der Waals surface area contributed by atoms with Gasteiger partial charge in [-0.05, 0) is 36.5 Å². The van der Waals surface area contributed by atoms with E-state index in [1.165, 1.54) is 44.1 Å². The molecule has 2 rings (SSSR count). The molecule has 1 aliphatic rings. The van der Waals surface area contributed by atoms with E-state index in [9.17, 15) is 0 Å². The van der Waals surface area contributed by atoms with E-state index in [4.69, 9.17) is 11.6 Å². The summed E-state index contributed by atoms with van der Waals surface area (Å²) in [5.74, 6) is 0.795. The SMILES string of the molecule is Clc1ccc(C(Br)C2CCCCCC2)cc1. The molecule has 0 bridgehead atoms. The summed E-state index contributed by atoms with van der Waals surface area (Å²) >= 11 is 9.78. The first-order valence-electron chi connectivity index (χ1n) is 6.17. The Bertz CT molecular complexity index is 312. The molecule has 0 radical (unpaired) electrons. The van der Waals surface area contributed by atoms with Crippen molar-refractivity contribution in [2.45, 2.75) is 43.4 Å². The number of hydrogen-bond acceptors (Lipinski definition) is 0. The van der Waals surface area contributed by atoms with E-state index in [1.54, 1.807) is 0 Å². The minimum Gasteiger partial charge on any atom is -0.0843 e. The Morgan fingerprint density at radius 3 is 2.12 bits per heavy atom. The third-order valence-corrected chi connectivity index (χ3v) is 5.03. The summed E-state index contributed by atoms with van der Waals surface area (Å²) in [5, 5.41) is 0.823. The van der Waals surface area contributed by atoms with Crippen molar-refractivity contribution in [1.82, 2.24) is 0 Å². The zero-order valence-corrected chi connectivity index (χ0v) is 11.8. The van der Waals surface area contributed by atoms with E-state index in [0.717, 1.165) is 10.9 Å². The van der Waals surface area contributed by atoms with Crippen molar-refractivity contribution in [3.63, 3.8) is 0 Å². The third kappa shape index (κ3) is 3.24. The van der Waals surface area contributed by atoms with Crippen LogP contribution in [-0.2, 0) is 0 Å². The Labute approximate surface area is 112 Å². The highest BCUT2D eigenvalue weighted by molar-refractivity contribution is 9.09. The lowest BCUT2D eigenvalue weighted by atomic mass is 9.92. The first-order chi connectivity index (χ1) is 7.77. The minimum atomic E-state index is 0.503. The molecule has 1 saturated carbocycles. The van der Waals surface area contributed by atoms with Crippen molar-refractivity contribution >= 4 is 27.5 Å². The van der Waals surface area contributed by atoms with E-state index in [1.807, 2.05) is 12.1 Å². The zero-order valence-electron chi connectivity index (χ0n) is 9.46. The average molecular weight is 302 g/mol. The lowest BCUT2D eigenvalue weighted by Gasteiger charge is -2.21. The highest BCUT2D eigenvalue weighted by Gasteiger charge is 2.21. The molecule has 0 N–H and O–H groups in total. The number of benzene rings is 1. The second-order valence-corrected chi connectivity index (χ2v) is 6.13. The molecule has 0 spiro atoms. The van der Waals surface area contributed by atoms with Crippen LogP contribution in [0.4, 0.5) is 0 Å². The maximum absolute atomic E-state index is 5.91. The van der Waals surface area contributed by atoms with Gasteiger partial charge in [0, 0.05) is 9.85 Å². The fourth-order valence-electron chi connectivity index (χ4n) is 2.52. The monoisotopic (exact) mass is 300 g/mol. The molecule has 1 fully saturated rings. The van der Waals surface area contributed by atoms with Crippen LogP contribution in [0.3, 0.4) is 0 Å². The van der Waals surface area contributed by atoms with Crippen LogP contribution in [0.5, 0.6) is 0 Å². The van der Waals surface area contributed by atoms with Gasteiger partial charge in [0.25, 0.3) is 0 Å². The standard InChI is InChI=1S/C14H18BrCl/c15-14(11-5-3-1-2-4-6-11)12-7-9-13(16)10-8-12/h7-11,14H,1-6H2. The average Bonchev–Trinajstić information content (AvgIpc) is 2.57. The molecule has 0 saturated heterocycles. The van der Waals surface area contributed by atoms with Gasteiger partial charge < -0.3 is 0 Å². The summed E-state index contributed by atoms with van der Waals surface area (Å²) in [4.78, 5) is 0.503. The van der Waals surface area contributed by atoms with Crippen molar-refractivity contribution in [2.24, 2.45) is 5.92 Å². The normalized spacial score (nSPS) is 20.4. The molecule has 1 unspecified atom stereocenters. The van der Waals surface area contributed by atoms with Crippen molar-refractivity contribution in [3.05, 3.63) is 34.9 Å². The van der Waals surface area contributed by atoms with E-state index < -0.39 is 0 Å². The molecule has 1 atom stereocenters. The predicted molar refractivity (Wildman–Crippen MR) is 74.3 cm³/mol. The molecule has 2 heteroatoms. The number of halogens is 2. The molecule has 1 aromatic rings. The summed E-state index contributed by atoms with van der Waals surface area (Å²) in [6.45, 7) is 0. The maximum Gasteiger partial charge on any atom is 0.0423 e. The Kier molecular flexibility index (Phi) is 4.72. The summed E-state index contributed by atoms with van der Waals surface area (Å²) in [6, 6.07) is 8.27. The largest absolute Gasteiger partial charge is 0.0843 e. The highest BCUT2D eigenvalue weighted by atomic mass is 79.9. The van der Waals surface area contributed by atoms with Crippen LogP contribution in [0.15, 0.2) is 24.3 Å². The van der Waals surface area contributed by atoms with E-state index in [-0.39, 0.29) is 0 Å². The molecule has 1 aromatic carbocycles. The van der Waals surface area contributed by atoms with Gasteiger partial charge in [0.05, 0.1) is 0 Å². The van der Waals surface area contributed by atoms with Gasteiger partial charge in [-0.2, -0.15) is 0 Å². The molecule has 1 aliphatic carbocycles. The lowest BCUT2D eigenvalue weighted by molar-refractivity contribution is 0.454. The molecular formula is C14H18BrCl. The van der Waals surface area contributed by atoms with Crippen LogP contribution in [0.25, 0.3) is 0 Å². The van der Waals surface area contributed by atoms with Crippen LogP contribution < -0.4 is 0 Å². The fraction of sp³-hybridized carbons (Fsp3) is 0.571. The lowest BCUT2D eigenvalue weighted by Crippen LogP contribution is -2.06. The highest BCUT2D eigenvalue weighted by Crippen LogP contribution is 2.39. The van der Waals surface area contributed by atoms with Crippen LogP contribution in [0.1, 0.15) is 48.9 Å². The van der Waals surface area contributed by atoms with Crippen LogP contribution >= 0.6 is 27.5 Å².